The highest BCUT2D eigenvalue weighted by Gasteiger charge is 2.23. The third-order valence-electron chi connectivity index (χ3n) is 6.55. The molecule has 3 aromatic carbocycles. The van der Waals surface area contributed by atoms with E-state index in [0.717, 1.165) is 5.56 Å². The van der Waals surface area contributed by atoms with Crippen molar-refractivity contribution >= 4 is 17.5 Å². The van der Waals surface area contributed by atoms with Crippen LogP contribution in [0.25, 0.3) is 0 Å². The second-order valence-electron chi connectivity index (χ2n) is 9.34. The highest BCUT2D eigenvalue weighted by Crippen LogP contribution is 2.23. The minimum atomic E-state index is -0.394. The number of piperazine rings is 1. The number of rotatable bonds is 7. The Labute approximate surface area is 231 Å². The maximum atomic E-state index is 13.1. The van der Waals surface area contributed by atoms with E-state index in [9.17, 15) is 14.0 Å². The fourth-order valence-electron chi connectivity index (χ4n) is 4.33. The van der Waals surface area contributed by atoms with Crippen LogP contribution in [0.4, 0.5) is 10.1 Å². The fourth-order valence-corrected chi connectivity index (χ4v) is 4.33. The van der Waals surface area contributed by atoms with Crippen molar-refractivity contribution in [2.24, 2.45) is 0 Å². The van der Waals surface area contributed by atoms with Crippen LogP contribution in [0, 0.1) is 17.1 Å². The third-order valence-corrected chi connectivity index (χ3v) is 6.55. The molecule has 0 saturated carbocycles. The van der Waals surface area contributed by atoms with E-state index < -0.39 is 5.91 Å². The molecule has 4 aromatic rings. The van der Waals surface area contributed by atoms with E-state index in [2.05, 4.69) is 21.3 Å². The molecule has 1 fully saturated rings. The van der Waals surface area contributed by atoms with Gasteiger partial charge in [0.15, 0.2) is 0 Å². The molecule has 200 valence electrons. The molecule has 0 radical (unpaired) electrons. The number of hydrogen-bond donors (Lipinski definition) is 1. The summed E-state index contributed by atoms with van der Waals surface area (Å²) in [5.74, 6) is 0.409. The molecule has 0 unspecified atom stereocenters. The summed E-state index contributed by atoms with van der Waals surface area (Å²) in [4.78, 5) is 33.9. The molecule has 0 bridgehead atoms. The van der Waals surface area contributed by atoms with E-state index in [1.54, 1.807) is 71.6 Å². The molecule has 1 aliphatic heterocycles. The largest absolute Gasteiger partial charge is 0.457 e. The van der Waals surface area contributed by atoms with E-state index in [1.165, 1.54) is 24.4 Å². The number of nitrogens with one attached hydrogen (secondary N) is 1. The zero-order chi connectivity index (χ0) is 27.9. The van der Waals surface area contributed by atoms with Gasteiger partial charge in [-0.3, -0.25) is 19.5 Å². The molecule has 40 heavy (non-hydrogen) atoms. The first-order valence-electron chi connectivity index (χ1n) is 12.8. The van der Waals surface area contributed by atoms with Crippen molar-refractivity contribution in [3.05, 3.63) is 119 Å². The van der Waals surface area contributed by atoms with Crippen LogP contribution in [0.5, 0.6) is 11.5 Å². The number of aromatic nitrogens is 1. The monoisotopic (exact) mass is 535 g/mol. The second kappa shape index (κ2) is 12.2. The van der Waals surface area contributed by atoms with Crippen molar-refractivity contribution in [1.82, 2.24) is 14.8 Å². The quantitative estimate of drug-likeness (QED) is 0.354. The van der Waals surface area contributed by atoms with Gasteiger partial charge in [-0.05, 0) is 78.4 Å². The van der Waals surface area contributed by atoms with Crippen molar-refractivity contribution in [1.29, 1.82) is 5.26 Å². The molecule has 0 spiro atoms. The maximum absolute atomic E-state index is 13.1. The standard InChI is InChI=1S/C31H26FN5O3/c32-25-6-1-23(2-7-25)21-36-15-17-37(18-16-36)31(39)24-5-14-29(34-20-24)30(38)35-26-8-12-28(13-9-26)40-27-10-3-22(19-33)4-11-27/h1-14,20H,15-18,21H2,(H,35,38). The lowest BCUT2D eigenvalue weighted by molar-refractivity contribution is 0.0627. The van der Waals surface area contributed by atoms with Crippen molar-refractivity contribution in [2.45, 2.75) is 6.54 Å². The van der Waals surface area contributed by atoms with Gasteiger partial charge in [-0.1, -0.05) is 12.1 Å². The average molecular weight is 536 g/mol. The van der Waals surface area contributed by atoms with Crippen LogP contribution in [-0.4, -0.2) is 52.8 Å². The van der Waals surface area contributed by atoms with Crippen LogP contribution in [0.1, 0.15) is 32.0 Å². The Morgan fingerprint density at radius 1 is 0.875 bits per heavy atom. The first-order chi connectivity index (χ1) is 19.5. The summed E-state index contributed by atoms with van der Waals surface area (Å²) in [5.41, 5.74) is 2.77. The summed E-state index contributed by atoms with van der Waals surface area (Å²) >= 11 is 0. The van der Waals surface area contributed by atoms with Gasteiger partial charge in [-0.15, -0.1) is 0 Å². The van der Waals surface area contributed by atoms with Crippen molar-refractivity contribution in [2.75, 3.05) is 31.5 Å². The molecular formula is C31H26FN5O3. The lowest BCUT2D eigenvalue weighted by Crippen LogP contribution is -2.48. The highest BCUT2D eigenvalue weighted by atomic mass is 19.1. The number of pyridine rings is 1. The lowest BCUT2D eigenvalue weighted by atomic mass is 10.1. The number of nitrogens with zero attached hydrogens (tertiary/aromatic N) is 4. The highest BCUT2D eigenvalue weighted by molar-refractivity contribution is 6.03. The maximum Gasteiger partial charge on any atom is 0.274 e. The molecule has 2 amide bonds. The number of hydrogen-bond acceptors (Lipinski definition) is 6. The molecule has 5 rings (SSSR count). The number of ether oxygens (including phenoxy) is 1. The summed E-state index contributed by atoms with van der Waals surface area (Å²) in [6.07, 6.45) is 1.43. The Morgan fingerprint density at radius 2 is 1.52 bits per heavy atom. The van der Waals surface area contributed by atoms with E-state index in [4.69, 9.17) is 10.00 Å². The number of carbonyl (C=O) groups is 2. The second-order valence-corrected chi connectivity index (χ2v) is 9.34. The fraction of sp³-hybridized carbons (Fsp3) is 0.161. The number of anilines is 1. The number of nitriles is 1. The summed E-state index contributed by atoms with van der Waals surface area (Å²) < 4.78 is 18.9. The van der Waals surface area contributed by atoms with Crippen LogP contribution in [0.2, 0.25) is 0 Å². The van der Waals surface area contributed by atoms with Gasteiger partial charge in [-0.2, -0.15) is 5.26 Å². The van der Waals surface area contributed by atoms with Crippen LogP contribution in [0.15, 0.2) is 91.1 Å². The van der Waals surface area contributed by atoms with Gasteiger partial charge in [0, 0.05) is 44.6 Å². The molecule has 1 aromatic heterocycles. The summed E-state index contributed by atoms with van der Waals surface area (Å²) in [6.45, 7) is 3.30. The predicted molar refractivity (Wildman–Crippen MR) is 147 cm³/mol. The number of halogens is 1. The minimum absolute atomic E-state index is 0.126. The Kier molecular flexibility index (Phi) is 8.09. The number of amides is 2. The summed E-state index contributed by atoms with van der Waals surface area (Å²) in [5, 5.41) is 11.7. The molecule has 0 aliphatic carbocycles. The van der Waals surface area contributed by atoms with Crippen LogP contribution in [0.3, 0.4) is 0 Å². The molecule has 2 heterocycles. The van der Waals surface area contributed by atoms with Gasteiger partial charge >= 0.3 is 0 Å². The molecular weight excluding hydrogens is 509 g/mol. The van der Waals surface area contributed by atoms with Crippen LogP contribution in [-0.2, 0) is 6.54 Å². The topological polar surface area (TPSA) is 98.6 Å². The van der Waals surface area contributed by atoms with E-state index in [-0.39, 0.29) is 17.4 Å². The smallest absolute Gasteiger partial charge is 0.274 e. The summed E-state index contributed by atoms with van der Waals surface area (Å²) in [7, 11) is 0. The lowest BCUT2D eigenvalue weighted by Gasteiger charge is -2.34. The first-order valence-corrected chi connectivity index (χ1v) is 12.8. The normalized spacial score (nSPS) is 13.3. The van der Waals surface area contributed by atoms with Gasteiger partial charge in [-0.25, -0.2) is 4.39 Å². The Bertz CT molecular complexity index is 1510. The molecule has 9 heteroatoms. The molecule has 1 N–H and O–H groups in total. The van der Waals surface area contributed by atoms with Gasteiger partial charge in [0.2, 0.25) is 0 Å². The van der Waals surface area contributed by atoms with Gasteiger partial charge in [0.25, 0.3) is 11.8 Å². The van der Waals surface area contributed by atoms with Gasteiger partial charge in [0.1, 0.15) is 23.0 Å². The van der Waals surface area contributed by atoms with Crippen LogP contribution >= 0.6 is 0 Å². The Hall–Kier alpha value is -5.07. The average Bonchev–Trinajstić information content (AvgIpc) is 3.00. The zero-order valence-electron chi connectivity index (χ0n) is 21.6. The van der Waals surface area contributed by atoms with Gasteiger partial charge < -0.3 is 15.0 Å². The van der Waals surface area contributed by atoms with E-state index in [1.807, 2.05) is 0 Å². The number of benzene rings is 3. The third kappa shape index (κ3) is 6.67. The Balaban J connectivity index is 1.11. The van der Waals surface area contributed by atoms with Crippen molar-refractivity contribution in [3.8, 4) is 17.6 Å². The molecule has 1 saturated heterocycles. The molecule has 1 aliphatic rings. The minimum Gasteiger partial charge on any atom is -0.457 e. The van der Waals surface area contributed by atoms with Crippen molar-refractivity contribution in [3.63, 3.8) is 0 Å². The molecule has 0 atom stereocenters. The van der Waals surface area contributed by atoms with Gasteiger partial charge in [0.05, 0.1) is 17.2 Å². The van der Waals surface area contributed by atoms with Crippen molar-refractivity contribution < 1.29 is 18.7 Å². The van der Waals surface area contributed by atoms with Crippen LogP contribution < -0.4 is 10.1 Å². The Morgan fingerprint density at radius 3 is 2.12 bits per heavy atom. The molecule has 8 nitrogen and oxygen atoms in total. The predicted octanol–water partition coefficient (Wildman–Crippen LogP) is 5.09. The zero-order valence-corrected chi connectivity index (χ0v) is 21.6. The SMILES string of the molecule is N#Cc1ccc(Oc2ccc(NC(=O)c3ccc(C(=O)N4CCN(Cc5ccc(F)cc5)CC4)cn3)cc2)cc1. The first kappa shape index (κ1) is 26.5. The number of carbonyl (C=O) groups excluding carboxylic acids is 2. The van der Waals surface area contributed by atoms with E-state index >= 15 is 0 Å². The summed E-state index contributed by atoms with van der Waals surface area (Å²) in [6, 6.07) is 25.3. The van der Waals surface area contributed by atoms with E-state index in [0.29, 0.717) is 61.0 Å².